The Kier molecular flexibility index (Phi) is 3.30. The van der Waals surface area contributed by atoms with E-state index in [1.54, 1.807) is 0 Å². The number of halogens is 1. The summed E-state index contributed by atoms with van der Waals surface area (Å²) in [5.41, 5.74) is -0.676. The first-order valence-corrected chi connectivity index (χ1v) is 3.93. The molecular formula is C8H6ClNO4. The molecule has 1 amide bonds. The van der Waals surface area contributed by atoms with Gasteiger partial charge in [0.25, 0.3) is 0 Å². The van der Waals surface area contributed by atoms with Crippen LogP contribution in [-0.2, 0) is 0 Å². The maximum atomic E-state index is 10.4. The highest BCUT2D eigenvalue weighted by atomic mass is 35.5. The molecule has 0 aliphatic heterocycles. The number of anilines is 1. The number of nitrogens with one attached hydrogen (secondary N) is 1. The number of carboxylic acid groups (broad SMARTS) is 1. The van der Waals surface area contributed by atoms with Crippen molar-refractivity contribution in [1.82, 2.24) is 0 Å². The Morgan fingerprint density at radius 2 is 2.14 bits per heavy atom. The van der Waals surface area contributed by atoms with Gasteiger partial charge in [-0.05, 0) is 12.1 Å². The van der Waals surface area contributed by atoms with Gasteiger partial charge in [-0.1, -0.05) is 6.07 Å². The largest absolute Gasteiger partial charge is 0.465 e. The lowest BCUT2D eigenvalue weighted by atomic mass is 10.3. The zero-order valence-corrected chi connectivity index (χ0v) is 7.62. The Bertz CT molecular complexity index is 335. The molecule has 14 heavy (non-hydrogen) atoms. The van der Waals surface area contributed by atoms with Gasteiger partial charge in [-0.2, -0.15) is 0 Å². The number of benzene rings is 1. The minimum atomic E-state index is -1.20. The van der Waals surface area contributed by atoms with Crippen LogP contribution in [0.1, 0.15) is 0 Å². The summed E-state index contributed by atoms with van der Waals surface area (Å²) in [7, 11) is 0. The fourth-order valence-corrected chi connectivity index (χ4v) is 0.943. The van der Waals surface area contributed by atoms with Crippen LogP contribution in [0.2, 0.25) is 0 Å². The predicted octanol–water partition coefficient (Wildman–Crippen LogP) is 2.51. The van der Waals surface area contributed by atoms with E-state index in [0.717, 1.165) is 0 Å². The van der Waals surface area contributed by atoms with Gasteiger partial charge in [-0.3, -0.25) is 5.32 Å². The van der Waals surface area contributed by atoms with Gasteiger partial charge < -0.3 is 9.84 Å². The van der Waals surface area contributed by atoms with Crippen molar-refractivity contribution in [2.24, 2.45) is 0 Å². The van der Waals surface area contributed by atoms with E-state index in [4.69, 9.17) is 16.7 Å². The van der Waals surface area contributed by atoms with Crippen LogP contribution >= 0.6 is 11.6 Å². The molecule has 1 aromatic rings. The molecule has 0 atom stereocenters. The van der Waals surface area contributed by atoms with Gasteiger partial charge in [0, 0.05) is 23.4 Å². The van der Waals surface area contributed by atoms with Crippen molar-refractivity contribution in [2.45, 2.75) is 0 Å². The smallest absolute Gasteiger partial charge is 0.409 e. The first kappa shape index (κ1) is 10.3. The maximum absolute atomic E-state index is 10.4. The van der Waals surface area contributed by atoms with E-state index in [1.165, 1.54) is 24.3 Å². The van der Waals surface area contributed by atoms with Crippen LogP contribution in [0.5, 0.6) is 5.75 Å². The van der Waals surface area contributed by atoms with E-state index in [0.29, 0.717) is 5.69 Å². The van der Waals surface area contributed by atoms with Gasteiger partial charge in [0.15, 0.2) is 0 Å². The molecule has 0 unspecified atom stereocenters. The number of hydrogen-bond donors (Lipinski definition) is 2. The van der Waals surface area contributed by atoms with E-state index < -0.39 is 11.5 Å². The van der Waals surface area contributed by atoms with Gasteiger partial charge in [-0.25, -0.2) is 9.59 Å². The van der Waals surface area contributed by atoms with Gasteiger partial charge >= 0.3 is 11.5 Å². The lowest BCUT2D eigenvalue weighted by Crippen LogP contribution is -2.07. The van der Waals surface area contributed by atoms with E-state index in [2.05, 4.69) is 10.1 Å². The monoisotopic (exact) mass is 215 g/mol. The third kappa shape index (κ3) is 3.32. The fraction of sp³-hybridized carbons (Fsp3) is 0. The molecule has 6 heteroatoms. The van der Waals surface area contributed by atoms with Crippen molar-refractivity contribution in [3.63, 3.8) is 0 Å². The Morgan fingerprint density at radius 3 is 2.71 bits per heavy atom. The van der Waals surface area contributed by atoms with Crippen LogP contribution < -0.4 is 10.1 Å². The van der Waals surface area contributed by atoms with Crippen molar-refractivity contribution in [1.29, 1.82) is 0 Å². The molecule has 0 spiro atoms. The lowest BCUT2D eigenvalue weighted by Gasteiger charge is -2.03. The highest BCUT2D eigenvalue weighted by Gasteiger charge is 2.02. The second kappa shape index (κ2) is 4.48. The standard InChI is InChI=1S/C8H6ClNO4/c9-7(11)14-6-3-1-2-5(4-6)10-8(12)13/h1-4,10H,(H,12,13). The van der Waals surface area contributed by atoms with Gasteiger partial charge in [0.2, 0.25) is 0 Å². The number of carbonyl (C=O) groups excluding carboxylic acids is 1. The summed E-state index contributed by atoms with van der Waals surface area (Å²) >= 11 is 4.97. The molecule has 0 radical (unpaired) electrons. The zero-order valence-electron chi connectivity index (χ0n) is 6.86. The Morgan fingerprint density at radius 1 is 1.43 bits per heavy atom. The quantitative estimate of drug-likeness (QED) is 0.744. The van der Waals surface area contributed by atoms with E-state index in [-0.39, 0.29) is 5.75 Å². The van der Waals surface area contributed by atoms with Crippen molar-refractivity contribution in [3.8, 4) is 5.75 Å². The van der Waals surface area contributed by atoms with Crippen LogP contribution in [0.25, 0.3) is 0 Å². The summed E-state index contributed by atoms with van der Waals surface area (Å²) in [5, 5.41) is 10.5. The second-order valence-electron chi connectivity index (χ2n) is 2.30. The SMILES string of the molecule is O=C(O)Nc1cccc(OC(=O)Cl)c1. The number of rotatable bonds is 2. The summed E-state index contributed by atoms with van der Waals surface area (Å²) in [6.45, 7) is 0. The van der Waals surface area contributed by atoms with E-state index in [1.807, 2.05) is 0 Å². The molecule has 0 aliphatic rings. The molecule has 5 nitrogen and oxygen atoms in total. The van der Waals surface area contributed by atoms with Crippen molar-refractivity contribution in [2.75, 3.05) is 5.32 Å². The summed E-state index contributed by atoms with van der Waals surface area (Å²) in [6, 6.07) is 5.86. The minimum absolute atomic E-state index is 0.177. The van der Waals surface area contributed by atoms with Crippen LogP contribution in [0.3, 0.4) is 0 Å². The fourth-order valence-electron chi connectivity index (χ4n) is 0.853. The van der Waals surface area contributed by atoms with Crippen LogP contribution in [0.15, 0.2) is 24.3 Å². The number of hydrogen-bond acceptors (Lipinski definition) is 3. The van der Waals surface area contributed by atoms with Crippen LogP contribution in [0.4, 0.5) is 15.3 Å². The third-order valence-electron chi connectivity index (χ3n) is 1.28. The number of carbonyl (C=O) groups is 2. The number of ether oxygens (including phenoxy) is 1. The first-order valence-electron chi connectivity index (χ1n) is 3.55. The molecular weight excluding hydrogens is 210 g/mol. The topological polar surface area (TPSA) is 75.6 Å². The highest BCUT2D eigenvalue weighted by Crippen LogP contribution is 2.17. The Labute approximate surface area is 84.2 Å². The van der Waals surface area contributed by atoms with Crippen molar-refractivity contribution in [3.05, 3.63) is 24.3 Å². The summed E-state index contributed by atoms with van der Waals surface area (Å²) in [4.78, 5) is 20.6. The molecule has 1 aromatic carbocycles. The van der Waals surface area contributed by atoms with Crippen molar-refractivity contribution < 1.29 is 19.4 Å². The van der Waals surface area contributed by atoms with Gasteiger partial charge in [0.05, 0.1) is 0 Å². The van der Waals surface area contributed by atoms with E-state index in [9.17, 15) is 9.59 Å². The molecule has 0 bridgehead atoms. The molecule has 74 valence electrons. The van der Waals surface area contributed by atoms with Gasteiger partial charge in [0.1, 0.15) is 5.75 Å². The second-order valence-corrected chi connectivity index (χ2v) is 2.61. The minimum Gasteiger partial charge on any atom is -0.465 e. The van der Waals surface area contributed by atoms with Crippen molar-refractivity contribution >= 4 is 28.8 Å². The zero-order chi connectivity index (χ0) is 10.6. The molecule has 0 aromatic heterocycles. The number of amides is 1. The highest BCUT2D eigenvalue weighted by molar-refractivity contribution is 6.61. The average molecular weight is 216 g/mol. The molecule has 0 heterocycles. The van der Waals surface area contributed by atoms with E-state index >= 15 is 0 Å². The molecule has 0 saturated carbocycles. The molecule has 0 fully saturated rings. The summed E-state index contributed by atoms with van der Waals surface area (Å²) < 4.78 is 4.53. The van der Waals surface area contributed by atoms with Gasteiger partial charge in [-0.15, -0.1) is 0 Å². The summed E-state index contributed by atoms with van der Waals surface area (Å²) in [5.74, 6) is 0.177. The molecule has 0 aliphatic carbocycles. The molecule has 0 saturated heterocycles. The summed E-state index contributed by atoms with van der Waals surface area (Å²) in [6.07, 6.45) is -1.20. The average Bonchev–Trinajstić information content (AvgIpc) is 2.01. The Balaban J connectivity index is 2.78. The maximum Gasteiger partial charge on any atom is 0.409 e. The first-order chi connectivity index (χ1) is 6.58. The Hall–Kier alpha value is -1.75. The van der Waals surface area contributed by atoms with Crippen LogP contribution in [-0.4, -0.2) is 16.6 Å². The normalized spacial score (nSPS) is 9.21. The molecule has 1 rings (SSSR count). The predicted molar refractivity (Wildman–Crippen MR) is 50.0 cm³/mol. The lowest BCUT2D eigenvalue weighted by molar-refractivity contribution is 0.209. The molecule has 2 N–H and O–H groups in total. The van der Waals surface area contributed by atoms with Crippen LogP contribution in [0, 0.1) is 0 Å². The third-order valence-corrected chi connectivity index (χ3v) is 1.36.